The Labute approximate surface area is 334 Å². The lowest BCUT2D eigenvalue weighted by Crippen LogP contribution is -2.70. The van der Waals surface area contributed by atoms with Gasteiger partial charge >= 0.3 is 0 Å². The second-order valence-electron chi connectivity index (χ2n) is 15.4. The highest BCUT2D eigenvalue weighted by molar-refractivity contribution is 6.21. The second-order valence-corrected chi connectivity index (χ2v) is 15.4. The monoisotopic (exact) mass is 750 g/mol. The average Bonchev–Trinajstić information content (AvgIpc) is 3.78. The smallest absolute Gasteiger partial charge is 0.190 e. The molecule has 0 bridgehead atoms. The summed E-state index contributed by atoms with van der Waals surface area (Å²) in [5.41, 5.74) is 7.44. The zero-order valence-electron chi connectivity index (χ0n) is 32.8. The number of rotatable bonds is 8. The maximum absolute atomic E-state index is 17.2. The quantitative estimate of drug-likeness (QED) is 0.155. The summed E-state index contributed by atoms with van der Waals surface area (Å²) in [6.07, 6.45) is 1.94. The number of ether oxygens (including phenoxy) is 2. The molecule has 2 spiro atoms. The number of methoxy groups -OCH3 is 2. The molecule has 2 aliphatic heterocycles. The van der Waals surface area contributed by atoms with Crippen molar-refractivity contribution in [1.82, 2.24) is 0 Å². The van der Waals surface area contributed by atoms with Crippen molar-refractivity contribution in [3.63, 3.8) is 0 Å². The van der Waals surface area contributed by atoms with E-state index >= 15 is 4.79 Å². The number of anilines is 2. The van der Waals surface area contributed by atoms with Crippen LogP contribution in [-0.2, 0) is 4.79 Å². The highest BCUT2D eigenvalue weighted by Gasteiger charge is 2.70. The maximum Gasteiger partial charge on any atom is 0.190 e. The normalized spacial score (nSPS) is 22.8. The van der Waals surface area contributed by atoms with Crippen molar-refractivity contribution in [3.8, 4) is 11.5 Å². The number of aryl methyl sites for hydroxylation is 2. The first-order chi connectivity index (χ1) is 27.9. The van der Waals surface area contributed by atoms with Crippen LogP contribution in [0.25, 0.3) is 0 Å². The van der Waals surface area contributed by atoms with Crippen molar-refractivity contribution in [3.05, 3.63) is 191 Å². The number of hydrogen-bond donors (Lipinski definition) is 0. The van der Waals surface area contributed by atoms with Gasteiger partial charge in [-0.1, -0.05) is 120 Å². The summed E-state index contributed by atoms with van der Waals surface area (Å²) in [6.45, 7) is 4.17. The van der Waals surface area contributed by atoms with Crippen LogP contribution in [0.1, 0.15) is 64.5 Å². The minimum atomic E-state index is -1.14. The molecule has 57 heavy (non-hydrogen) atoms. The van der Waals surface area contributed by atoms with Crippen LogP contribution in [0.5, 0.6) is 11.5 Å². The van der Waals surface area contributed by atoms with Gasteiger partial charge in [0, 0.05) is 0 Å². The van der Waals surface area contributed by atoms with Crippen molar-refractivity contribution in [2.75, 3.05) is 24.2 Å². The summed E-state index contributed by atoms with van der Waals surface area (Å²) < 4.78 is 11.3. The minimum absolute atomic E-state index is 0.0911. The van der Waals surface area contributed by atoms with E-state index < -0.39 is 22.9 Å². The summed E-state index contributed by atoms with van der Waals surface area (Å²) in [6, 6.07) is 53.9. The van der Waals surface area contributed by atoms with Gasteiger partial charge in [-0.15, -0.1) is 0 Å². The fraction of sp³-hybridized carbons (Fsp3) is 0.220. The van der Waals surface area contributed by atoms with E-state index in [4.69, 9.17) is 19.7 Å². The van der Waals surface area contributed by atoms with Gasteiger partial charge in [0.25, 0.3) is 0 Å². The molecule has 1 fully saturated rings. The van der Waals surface area contributed by atoms with Crippen molar-refractivity contribution in [1.29, 1.82) is 0 Å². The lowest BCUT2D eigenvalue weighted by atomic mass is 9.57. The van der Waals surface area contributed by atoms with Crippen LogP contribution < -0.4 is 19.5 Å². The zero-order valence-corrected chi connectivity index (χ0v) is 32.8. The molecule has 0 amide bonds. The van der Waals surface area contributed by atoms with Gasteiger partial charge in [-0.05, 0) is 104 Å². The largest absolute Gasteiger partial charge is 0.497 e. The SMILES string of the molecule is COc1ccc([C@H]2C(c3ccccc3)=NN(c3ccc(C)cc3)C23CCCC2(C3=O)[C@H](c3ccc(OC)cc3)C(c3ccccc3)=NN2c2ccc(C)cc2)cc1. The van der Waals surface area contributed by atoms with Crippen LogP contribution in [0.15, 0.2) is 168 Å². The van der Waals surface area contributed by atoms with E-state index in [2.05, 4.69) is 121 Å². The van der Waals surface area contributed by atoms with Crippen LogP contribution in [0.2, 0.25) is 0 Å². The van der Waals surface area contributed by atoms with Crippen LogP contribution in [0.3, 0.4) is 0 Å². The van der Waals surface area contributed by atoms with Gasteiger partial charge in [0.2, 0.25) is 0 Å². The molecule has 0 N–H and O–H groups in total. The van der Waals surface area contributed by atoms with E-state index in [0.29, 0.717) is 12.8 Å². The predicted octanol–water partition coefficient (Wildman–Crippen LogP) is 10.3. The second kappa shape index (κ2) is 14.6. The Morgan fingerprint density at radius 2 is 0.877 bits per heavy atom. The molecule has 1 saturated carbocycles. The molecule has 0 saturated heterocycles. The Kier molecular flexibility index (Phi) is 9.24. The van der Waals surface area contributed by atoms with Crippen molar-refractivity contribution >= 4 is 28.6 Å². The number of carbonyl (C=O) groups is 1. The van der Waals surface area contributed by atoms with E-state index in [-0.39, 0.29) is 5.78 Å². The predicted molar refractivity (Wildman–Crippen MR) is 229 cm³/mol. The minimum Gasteiger partial charge on any atom is -0.497 e. The lowest BCUT2D eigenvalue weighted by molar-refractivity contribution is -0.132. The number of nitrogens with zero attached hydrogens (tertiary/aromatic N) is 4. The number of benzene rings is 6. The highest BCUT2D eigenvalue weighted by atomic mass is 16.5. The molecular formula is C50H46N4O3. The highest BCUT2D eigenvalue weighted by Crippen LogP contribution is 2.59. The molecule has 0 radical (unpaired) electrons. The summed E-state index contributed by atoms with van der Waals surface area (Å²) >= 11 is 0. The topological polar surface area (TPSA) is 66.7 Å². The Bertz CT molecular complexity index is 2280. The Balaban J connectivity index is 1.34. The Morgan fingerprint density at radius 3 is 1.23 bits per heavy atom. The maximum atomic E-state index is 17.2. The lowest BCUT2D eigenvalue weighted by Gasteiger charge is -2.53. The molecule has 1 aliphatic carbocycles. The first-order valence-corrected chi connectivity index (χ1v) is 19.7. The van der Waals surface area contributed by atoms with Crippen LogP contribution in [-0.4, -0.2) is 42.5 Å². The zero-order chi connectivity index (χ0) is 39.1. The number of Topliss-reactive ketones (excluding diaryl/α,β-unsaturated/α-hetero) is 1. The number of carbonyl (C=O) groups excluding carboxylic acids is 1. The Hall–Kier alpha value is -6.47. The average molecular weight is 751 g/mol. The molecule has 7 heteroatoms. The molecule has 2 unspecified atom stereocenters. The number of hydrogen-bond acceptors (Lipinski definition) is 7. The molecule has 2 heterocycles. The van der Waals surface area contributed by atoms with Crippen molar-refractivity contribution in [2.45, 2.75) is 56.0 Å². The molecule has 7 nitrogen and oxygen atoms in total. The molecule has 3 aliphatic rings. The molecule has 9 rings (SSSR count). The standard InChI is InChI=1S/C50H46N4O3/c1-34-16-24-40(25-17-34)53-49(44(36-20-28-42(56-3)29-21-36)46(51-53)38-12-7-5-8-13-38)32-11-33-50(48(49)55)45(37-22-30-43(57-4)31-23-37)47(39-14-9-6-10-15-39)52-54(50)41-26-18-35(2)19-27-41/h5-10,12-31,44-45H,11,32-33H2,1-4H3/t44-,45+,49?,50?. The Morgan fingerprint density at radius 1 is 0.509 bits per heavy atom. The number of hydrazone groups is 2. The molecule has 0 aromatic heterocycles. The molecule has 284 valence electrons. The number of ketones is 1. The van der Waals surface area contributed by atoms with Gasteiger partial charge in [0.05, 0.1) is 48.9 Å². The van der Waals surface area contributed by atoms with Crippen LogP contribution in [0.4, 0.5) is 11.4 Å². The van der Waals surface area contributed by atoms with Gasteiger partial charge in [-0.2, -0.15) is 10.2 Å². The third-order valence-corrected chi connectivity index (χ3v) is 12.2. The van der Waals surface area contributed by atoms with E-state index in [1.807, 2.05) is 60.7 Å². The third-order valence-electron chi connectivity index (χ3n) is 12.2. The summed E-state index contributed by atoms with van der Waals surface area (Å²) in [5.74, 6) is 0.761. The molecule has 4 atom stereocenters. The van der Waals surface area contributed by atoms with Crippen LogP contribution >= 0.6 is 0 Å². The molecular weight excluding hydrogens is 705 g/mol. The first-order valence-electron chi connectivity index (χ1n) is 19.7. The van der Waals surface area contributed by atoms with Gasteiger partial charge in [-0.3, -0.25) is 14.8 Å². The van der Waals surface area contributed by atoms with E-state index in [1.54, 1.807) is 14.2 Å². The first kappa shape index (κ1) is 36.2. The van der Waals surface area contributed by atoms with E-state index in [0.717, 1.165) is 74.1 Å². The van der Waals surface area contributed by atoms with Crippen LogP contribution in [0, 0.1) is 13.8 Å². The van der Waals surface area contributed by atoms with E-state index in [1.165, 1.54) is 0 Å². The summed E-state index contributed by atoms with van der Waals surface area (Å²) in [5, 5.41) is 15.3. The van der Waals surface area contributed by atoms with Gasteiger partial charge in [0.15, 0.2) is 5.78 Å². The molecule has 6 aromatic rings. The summed E-state index contributed by atoms with van der Waals surface area (Å²) in [7, 11) is 3.36. The van der Waals surface area contributed by atoms with Crippen molar-refractivity contribution < 1.29 is 14.3 Å². The molecule has 6 aromatic carbocycles. The fourth-order valence-corrected chi connectivity index (χ4v) is 9.47. The fourth-order valence-electron chi connectivity index (χ4n) is 9.47. The third kappa shape index (κ3) is 5.92. The van der Waals surface area contributed by atoms with Gasteiger partial charge in [0.1, 0.15) is 22.6 Å². The van der Waals surface area contributed by atoms with Gasteiger partial charge < -0.3 is 9.47 Å². The van der Waals surface area contributed by atoms with Gasteiger partial charge in [-0.25, -0.2) is 0 Å². The van der Waals surface area contributed by atoms with Crippen molar-refractivity contribution in [2.24, 2.45) is 10.2 Å². The summed E-state index contributed by atoms with van der Waals surface area (Å²) in [4.78, 5) is 17.2. The van der Waals surface area contributed by atoms with E-state index in [9.17, 15) is 0 Å².